The third-order valence-corrected chi connectivity index (χ3v) is 1.02. The van der Waals surface area contributed by atoms with Crippen LogP contribution in [-0.2, 0) is 0 Å². The molecule has 0 fully saturated rings. The number of aromatic nitrogens is 2. The second-order valence-corrected chi connectivity index (χ2v) is 2.06. The monoisotopic (exact) mass is 193 g/mol. The highest BCUT2D eigenvalue weighted by Gasteiger charge is 1.91. The molecule has 2 nitrogen and oxygen atoms in total. The molecule has 0 unspecified atom stereocenters. The second kappa shape index (κ2) is 2.43. The van der Waals surface area contributed by atoms with Crippen LogP contribution in [0.1, 0.15) is 21.1 Å². The molecule has 9 heavy (non-hydrogen) atoms. The van der Waals surface area contributed by atoms with E-state index in [1.807, 2.05) is 0 Å². The summed E-state index contributed by atoms with van der Waals surface area (Å²) in [6.07, 6.45) is 0. The molecule has 0 aliphatic carbocycles. The van der Waals surface area contributed by atoms with E-state index >= 15 is 0 Å². The van der Waals surface area contributed by atoms with Gasteiger partial charge in [0.1, 0.15) is 10.4 Å². The summed E-state index contributed by atoms with van der Waals surface area (Å²) in [5, 5.41) is 0. The molecule has 1 rings (SSSR count). The van der Waals surface area contributed by atoms with Crippen LogP contribution in [0.2, 0.25) is 0 Å². The van der Waals surface area contributed by atoms with Gasteiger partial charge in [-0.15, -0.1) is 0 Å². The van der Waals surface area contributed by atoms with Crippen molar-refractivity contribution in [2.45, 2.75) is 13.7 Å². The Morgan fingerprint density at radius 1 is 1.67 bits per heavy atom. The van der Waals surface area contributed by atoms with Crippen LogP contribution < -0.4 is 0 Å². The minimum Gasteiger partial charge on any atom is -0.238 e. The first kappa shape index (κ1) is 2.02. The third kappa shape index (κ3) is 1.75. The lowest BCUT2D eigenvalue weighted by molar-refractivity contribution is 0.993. The Balaban J connectivity index is 3.46. The predicted octanol–water partition coefficient (Wildman–Crippen LogP) is 1.86. The first-order valence-corrected chi connectivity index (χ1v) is 2.88. The third-order valence-electron chi connectivity index (χ3n) is 0.643. The number of halogens is 1. The quantitative estimate of drug-likeness (QED) is 0.589. The summed E-state index contributed by atoms with van der Waals surface area (Å²) in [4.78, 5) is 6.95. The van der Waals surface area contributed by atoms with Crippen molar-refractivity contribution in [3.8, 4) is 0 Å². The Hall–Kier alpha value is -0.440. The van der Waals surface area contributed by atoms with Gasteiger partial charge in [-0.3, -0.25) is 0 Å². The SMILES string of the molecule is [2H]c1c(Br)nc(C([2H])([2H])[2H])nc1C([2H])([2H])[2H]. The van der Waals surface area contributed by atoms with Crippen LogP contribution in [0.3, 0.4) is 0 Å². The Morgan fingerprint density at radius 3 is 3.22 bits per heavy atom. The minimum absolute atomic E-state index is 0.139. The van der Waals surface area contributed by atoms with Gasteiger partial charge in [-0.1, -0.05) is 0 Å². The lowest BCUT2D eigenvalue weighted by Crippen LogP contribution is -1.89. The van der Waals surface area contributed by atoms with Crippen LogP contribution in [-0.4, -0.2) is 9.97 Å². The second-order valence-electron chi connectivity index (χ2n) is 1.31. The fourth-order valence-corrected chi connectivity index (χ4v) is 0.733. The molecule has 0 spiro atoms. The molecule has 0 amide bonds. The lowest BCUT2D eigenvalue weighted by atomic mass is 10.4. The zero-order chi connectivity index (χ0) is 12.7. The maximum Gasteiger partial charge on any atom is 0.126 e. The average molecular weight is 194 g/mol. The van der Waals surface area contributed by atoms with Gasteiger partial charge in [0.15, 0.2) is 0 Å². The van der Waals surface area contributed by atoms with E-state index in [2.05, 4.69) is 25.9 Å². The van der Waals surface area contributed by atoms with Crippen molar-refractivity contribution in [2.75, 3.05) is 0 Å². The molecular weight excluding hydrogens is 180 g/mol. The molecule has 0 atom stereocenters. The van der Waals surface area contributed by atoms with Crippen molar-refractivity contribution < 1.29 is 9.60 Å². The summed E-state index contributed by atoms with van der Waals surface area (Å²) in [5.74, 6) is -0.582. The van der Waals surface area contributed by atoms with E-state index in [9.17, 15) is 0 Å². The summed E-state index contributed by atoms with van der Waals surface area (Å²) in [7, 11) is 0. The smallest absolute Gasteiger partial charge is 0.126 e. The molecule has 1 aromatic rings. The molecule has 0 aliphatic rings. The summed E-state index contributed by atoms with van der Waals surface area (Å²) >= 11 is 2.84. The highest BCUT2D eigenvalue weighted by Crippen LogP contribution is 2.05. The van der Waals surface area contributed by atoms with Gasteiger partial charge >= 0.3 is 0 Å². The van der Waals surface area contributed by atoms with E-state index in [1.54, 1.807) is 0 Å². The molecule has 0 radical (unpaired) electrons. The zero-order valence-electron chi connectivity index (χ0n) is 11.3. The molecule has 0 aliphatic heterocycles. The number of hydrogen-bond donors (Lipinski definition) is 0. The van der Waals surface area contributed by atoms with Crippen molar-refractivity contribution >= 4 is 15.9 Å². The van der Waals surface area contributed by atoms with E-state index in [0.29, 0.717) is 0 Å². The molecule has 1 aromatic heterocycles. The van der Waals surface area contributed by atoms with Gasteiger partial charge in [0.25, 0.3) is 0 Å². The standard InChI is InChI=1S/C6H7BrN2/c1-4-3-6(7)9-5(2)8-4/h3H,1-2H3/i1D3,2D3,3D. The summed E-state index contributed by atoms with van der Waals surface area (Å²) in [6, 6.07) is -0.423. The van der Waals surface area contributed by atoms with E-state index in [-0.39, 0.29) is 4.60 Å². The first-order chi connectivity index (χ1) is 7.03. The van der Waals surface area contributed by atoms with Gasteiger partial charge in [0, 0.05) is 13.9 Å². The molecule has 0 saturated heterocycles. The molecule has 0 saturated carbocycles. The van der Waals surface area contributed by atoms with Crippen LogP contribution in [0.5, 0.6) is 0 Å². The fourth-order valence-electron chi connectivity index (χ4n) is 0.377. The predicted molar refractivity (Wildman–Crippen MR) is 39.2 cm³/mol. The summed E-state index contributed by atoms with van der Waals surface area (Å²) in [6.45, 7) is -5.24. The van der Waals surface area contributed by atoms with Crippen LogP contribution in [0.4, 0.5) is 0 Å². The van der Waals surface area contributed by atoms with Gasteiger partial charge < -0.3 is 0 Å². The van der Waals surface area contributed by atoms with Gasteiger partial charge in [0.2, 0.25) is 0 Å². The topological polar surface area (TPSA) is 25.8 Å². The van der Waals surface area contributed by atoms with Crippen LogP contribution >= 0.6 is 15.9 Å². The molecule has 0 aromatic carbocycles. The largest absolute Gasteiger partial charge is 0.238 e. The van der Waals surface area contributed by atoms with Crippen LogP contribution in [0.25, 0.3) is 0 Å². The van der Waals surface area contributed by atoms with Crippen LogP contribution in [0, 0.1) is 13.7 Å². The number of rotatable bonds is 0. The minimum atomic E-state index is -2.64. The molecular formula is C6H7BrN2. The fraction of sp³-hybridized carbons (Fsp3) is 0.333. The molecule has 48 valence electrons. The zero-order valence-corrected chi connectivity index (χ0v) is 5.86. The highest BCUT2D eigenvalue weighted by atomic mass is 79.9. The summed E-state index contributed by atoms with van der Waals surface area (Å²) in [5.41, 5.74) is -0.569. The van der Waals surface area contributed by atoms with Crippen molar-refractivity contribution in [3.63, 3.8) is 0 Å². The average Bonchev–Trinajstić information content (AvgIpc) is 2.05. The van der Waals surface area contributed by atoms with Crippen molar-refractivity contribution in [3.05, 3.63) is 22.2 Å². The molecule has 1 heterocycles. The highest BCUT2D eigenvalue weighted by molar-refractivity contribution is 9.10. The molecule has 0 N–H and O–H groups in total. The van der Waals surface area contributed by atoms with Gasteiger partial charge in [-0.05, 0) is 35.7 Å². The number of hydrogen-bond acceptors (Lipinski definition) is 2. The van der Waals surface area contributed by atoms with Crippen molar-refractivity contribution in [1.29, 1.82) is 0 Å². The molecule has 3 heteroatoms. The van der Waals surface area contributed by atoms with Crippen LogP contribution in [0.15, 0.2) is 10.6 Å². The van der Waals surface area contributed by atoms with Crippen molar-refractivity contribution in [1.82, 2.24) is 9.97 Å². The maximum atomic E-state index is 7.44. The van der Waals surface area contributed by atoms with E-state index < -0.39 is 31.3 Å². The Bertz CT molecular complexity index is 411. The Morgan fingerprint density at radius 2 is 2.56 bits per heavy atom. The number of nitrogens with zero attached hydrogens (tertiary/aromatic N) is 2. The maximum absolute atomic E-state index is 7.44. The summed E-state index contributed by atoms with van der Waals surface area (Å²) < 4.78 is 49.9. The normalized spacial score (nSPS) is 23.9. The Labute approximate surface area is 72.3 Å². The van der Waals surface area contributed by atoms with Gasteiger partial charge in [0.05, 0.1) is 1.37 Å². The lowest BCUT2D eigenvalue weighted by Gasteiger charge is -1.93. The van der Waals surface area contributed by atoms with E-state index in [1.165, 1.54) is 0 Å². The van der Waals surface area contributed by atoms with E-state index in [0.717, 1.165) is 0 Å². The Kier molecular flexibility index (Phi) is 0.547. The van der Waals surface area contributed by atoms with Gasteiger partial charge in [-0.2, -0.15) is 0 Å². The van der Waals surface area contributed by atoms with Gasteiger partial charge in [-0.25, -0.2) is 9.97 Å². The molecule has 0 bridgehead atoms. The first-order valence-electron chi connectivity index (χ1n) is 5.58. The van der Waals surface area contributed by atoms with Crippen molar-refractivity contribution in [2.24, 2.45) is 0 Å². The number of aryl methyl sites for hydroxylation is 2. The van der Waals surface area contributed by atoms with E-state index in [4.69, 9.17) is 9.60 Å².